The first-order valence-corrected chi connectivity index (χ1v) is 11.7. The minimum Gasteiger partial charge on any atom is -0.394 e. The Balaban J connectivity index is 1.32. The van der Waals surface area contributed by atoms with Gasteiger partial charge >= 0.3 is 0 Å². The number of amides is 2. The maximum absolute atomic E-state index is 13.4. The lowest BCUT2D eigenvalue weighted by Gasteiger charge is -2.59. The first-order chi connectivity index (χ1) is 16.5. The molecule has 3 aliphatic rings. The summed E-state index contributed by atoms with van der Waals surface area (Å²) in [6.07, 6.45) is 1.39. The number of halogens is 1. The molecule has 3 fully saturated rings. The van der Waals surface area contributed by atoms with E-state index in [0.29, 0.717) is 38.2 Å². The van der Waals surface area contributed by atoms with E-state index in [-0.39, 0.29) is 54.7 Å². The van der Waals surface area contributed by atoms with Crippen LogP contribution in [-0.4, -0.2) is 71.7 Å². The van der Waals surface area contributed by atoms with Gasteiger partial charge in [-0.2, -0.15) is 0 Å². The number of fused-ring (bicyclic) bond motifs is 1. The summed E-state index contributed by atoms with van der Waals surface area (Å²) in [4.78, 5) is 29.3. The van der Waals surface area contributed by atoms with Gasteiger partial charge in [0.25, 0.3) is 0 Å². The van der Waals surface area contributed by atoms with Crippen LogP contribution < -0.4 is 0 Å². The van der Waals surface area contributed by atoms with E-state index in [1.54, 1.807) is 21.9 Å². The Morgan fingerprint density at radius 1 is 1.09 bits per heavy atom. The van der Waals surface area contributed by atoms with Crippen molar-refractivity contribution >= 4 is 11.8 Å². The summed E-state index contributed by atoms with van der Waals surface area (Å²) in [7, 11) is 0. The smallest absolute Gasteiger partial charge is 0.242 e. The molecular formula is C27H27FN2O4. The van der Waals surface area contributed by atoms with E-state index < -0.39 is 0 Å². The van der Waals surface area contributed by atoms with Crippen LogP contribution >= 0.6 is 0 Å². The molecule has 7 heteroatoms. The summed E-state index contributed by atoms with van der Waals surface area (Å²) in [5.74, 6) is 5.47. The molecule has 3 heterocycles. The van der Waals surface area contributed by atoms with Gasteiger partial charge in [-0.25, -0.2) is 4.39 Å². The van der Waals surface area contributed by atoms with Crippen molar-refractivity contribution in [2.45, 2.75) is 30.8 Å². The third-order valence-electron chi connectivity index (χ3n) is 7.11. The predicted molar refractivity (Wildman–Crippen MR) is 123 cm³/mol. The molecule has 5 rings (SSSR count). The third kappa shape index (κ3) is 4.31. The fourth-order valence-corrected chi connectivity index (χ4v) is 5.37. The van der Waals surface area contributed by atoms with Crippen molar-refractivity contribution < 1.29 is 23.8 Å². The summed E-state index contributed by atoms with van der Waals surface area (Å²) in [6.45, 7) is 1.59. The maximum Gasteiger partial charge on any atom is 0.242 e. The van der Waals surface area contributed by atoms with Crippen molar-refractivity contribution in [2.24, 2.45) is 5.92 Å². The van der Waals surface area contributed by atoms with Gasteiger partial charge in [-0.3, -0.25) is 9.59 Å². The highest BCUT2D eigenvalue weighted by molar-refractivity contribution is 5.88. The Morgan fingerprint density at radius 2 is 1.82 bits per heavy atom. The van der Waals surface area contributed by atoms with Gasteiger partial charge in [-0.15, -0.1) is 0 Å². The highest BCUT2D eigenvalue weighted by Gasteiger charge is 2.54. The SMILES string of the molecule is O=C(C1CCOCC1)N1CC(=O)N2[C@H](CO)[C@@H](c3ccc(C#Cc4cccc(F)c4)cc3)[C@@H]2C1. The van der Waals surface area contributed by atoms with Crippen LogP contribution in [0, 0.1) is 23.6 Å². The first kappa shape index (κ1) is 22.6. The average molecular weight is 463 g/mol. The molecule has 176 valence electrons. The average Bonchev–Trinajstić information content (AvgIpc) is 2.85. The van der Waals surface area contributed by atoms with Crippen LogP contribution in [0.3, 0.4) is 0 Å². The van der Waals surface area contributed by atoms with Crippen molar-refractivity contribution in [2.75, 3.05) is 32.9 Å². The molecule has 0 bridgehead atoms. The number of carbonyl (C=O) groups excluding carboxylic acids is 2. The molecule has 1 N–H and O–H groups in total. The second kappa shape index (κ2) is 9.57. The van der Waals surface area contributed by atoms with Gasteiger partial charge in [-0.05, 0) is 48.7 Å². The molecule has 3 aliphatic heterocycles. The van der Waals surface area contributed by atoms with E-state index in [1.165, 1.54) is 12.1 Å². The largest absolute Gasteiger partial charge is 0.394 e. The van der Waals surface area contributed by atoms with Crippen molar-refractivity contribution in [3.8, 4) is 11.8 Å². The molecule has 0 unspecified atom stereocenters. The second-order valence-corrected chi connectivity index (χ2v) is 9.13. The quantitative estimate of drug-likeness (QED) is 0.710. The minimum atomic E-state index is -0.321. The Bertz CT molecular complexity index is 1130. The molecule has 34 heavy (non-hydrogen) atoms. The molecule has 0 aliphatic carbocycles. The molecule has 3 saturated heterocycles. The summed E-state index contributed by atoms with van der Waals surface area (Å²) < 4.78 is 18.7. The van der Waals surface area contributed by atoms with E-state index in [9.17, 15) is 19.1 Å². The number of ether oxygens (including phenoxy) is 1. The molecule has 2 aromatic carbocycles. The summed E-state index contributed by atoms with van der Waals surface area (Å²) in [5.41, 5.74) is 2.40. The third-order valence-corrected chi connectivity index (χ3v) is 7.11. The normalized spacial score (nSPS) is 24.6. The number of rotatable bonds is 3. The van der Waals surface area contributed by atoms with Crippen LogP contribution in [-0.2, 0) is 14.3 Å². The molecule has 0 aromatic heterocycles. The van der Waals surface area contributed by atoms with E-state index in [0.717, 1.165) is 11.1 Å². The van der Waals surface area contributed by atoms with Gasteiger partial charge in [0.1, 0.15) is 5.82 Å². The van der Waals surface area contributed by atoms with Crippen molar-refractivity contribution in [1.82, 2.24) is 9.80 Å². The van der Waals surface area contributed by atoms with Gasteiger partial charge in [0, 0.05) is 42.7 Å². The van der Waals surface area contributed by atoms with Crippen LogP contribution in [0.25, 0.3) is 0 Å². The fraction of sp³-hybridized carbons (Fsp3) is 0.407. The zero-order valence-corrected chi connectivity index (χ0v) is 18.8. The molecule has 2 amide bonds. The van der Waals surface area contributed by atoms with Gasteiger partial charge in [0.05, 0.1) is 25.2 Å². The summed E-state index contributed by atoms with van der Waals surface area (Å²) >= 11 is 0. The standard InChI is InChI=1S/C27H27FN2O4/c28-22-3-1-2-19(14-22)5-4-18-6-8-20(9-7-18)26-23-15-29(16-25(32)30(23)24(26)17-31)27(33)21-10-12-34-13-11-21/h1-3,6-9,14,21,23-24,26,31H,10-13,15-17H2/t23-,24+,26-/m0/s1. The number of hydrogen-bond donors (Lipinski definition) is 1. The first-order valence-electron chi connectivity index (χ1n) is 11.7. The molecule has 6 nitrogen and oxygen atoms in total. The van der Waals surface area contributed by atoms with E-state index in [2.05, 4.69) is 11.8 Å². The topological polar surface area (TPSA) is 70.1 Å². The number of piperazine rings is 1. The summed E-state index contributed by atoms with van der Waals surface area (Å²) in [6, 6.07) is 13.4. The van der Waals surface area contributed by atoms with E-state index in [1.807, 2.05) is 24.3 Å². The van der Waals surface area contributed by atoms with Crippen LogP contribution in [0.15, 0.2) is 48.5 Å². The van der Waals surface area contributed by atoms with Crippen molar-refractivity contribution in [3.05, 3.63) is 71.0 Å². The van der Waals surface area contributed by atoms with Gasteiger partial charge in [-0.1, -0.05) is 30.0 Å². The lowest BCUT2D eigenvalue weighted by atomic mass is 9.73. The Hall–Kier alpha value is -3.21. The molecule has 3 atom stereocenters. The maximum atomic E-state index is 13.4. The molecule has 2 aromatic rings. The van der Waals surface area contributed by atoms with Crippen LogP contribution in [0.4, 0.5) is 4.39 Å². The number of nitrogens with zero attached hydrogens (tertiary/aromatic N) is 2. The van der Waals surface area contributed by atoms with Crippen LogP contribution in [0.5, 0.6) is 0 Å². The van der Waals surface area contributed by atoms with Crippen molar-refractivity contribution in [1.29, 1.82) is 0 Å². The Morgan fingerprint density at radius 3 is 2.53 bits per heavy atom. The van der Waals surface area contributed by atoms with Crippen LogP contribution in [0.2, 0.25) is 0 Å². The Labute approximate surface area is 198 Å². The zero-order valence-electron chi connectivity index (χ0n) is 18.8. The molecule has 0 radical (unpaired) electrons. The van der Waals surface area contributed by atoms with Gasteiger partial charge in [0.15, 0.2) is 0 Å². The highest BCUT2D eigenvalue weighted by atomic mass is 19.1. The molecular weight excluding hydrogens is 435 g/mol. The monoisotopic (exact) mass is 462 g/mol. The summed E-state index contributed by atoms with van der Waals surface area (Å²) in [5, 5.41) is 10.00. The molecule has 0 saturated carbocycles. The van der Waals surface area contributed by atoms with E-state index in [4.69, 9.17) is 4.74 Å². The lowest BCUT2D eigenvalue weighted by molar-refractivity contribution is -0.169. The lowest BCUT2D eigenvalue weighted by Crippen LogP contribution is -2.73. The fourth-order valence-electron chi connectivity index (χ4n) is 5.37. The number of aliphatic hydroxyl groups is 1. The number of benzene rings is 2. The number of carbonyl (C=O) groups is 2. The second-order valence-electron chi connectivity index (χ2n) is 9.13. The molecule has 0 spiro atoms. The van der Waals surface area contributed by atoms with Gasteiger partial charge in [0.2, 0.25) is 11.8 Å². The predicted octanol–water partition coefficient (Wildman–Crippen LogP) is 2.15. The van der Waals surface area contributed by atoms with Crippen molar-refractivity contribution in [3.63, 3.8) is 0 Å². The number of aliphatic hydroxyl groups excluding tert-OH is 1. The van der Waals surface area contributed by atoms with E-state index >= 15 is 0 Å². The van der Waals surface area contributed by atoms with Crippen LogP contribution in [0.1, 0.15) is 35.4 Å². The van der Waals surface area contributed by atoms with Gasteiger partial charge < -0.3 is 19.6 Å². The zero-order chi connectivity index (χ0) is 23.7. The Kier molecular flexibility index (Phi) is 6.36. The number of hydrogen-bond acceptors (Lipinski definition) is 4. The highest BCUT2D eigenvalue weighted by Crippen LogP contribution is 2.43. The minimum absolute atomic E-state index is 0.0328.